The number of morpholine rings is 1. The second-order valence-corrected chi connectivity index (χ2v) is 9.04. The van der Waals surface area contributed by atoms with Crippen molar-refractivity contribution < 1.29 is 18.7 Å². The van der Waals surface area contributed by atoms with Crippen molar-refractivity contribution in [2.45, 2.75) is 25.8 Å². The summed E-state index contributed by atoms with van der Waals surface area (Å²) in [6.45, 7) is 5.67. The van der Waals surface area contributed by atoms with Crippen LogP contribution in [0.3, 0.4) is 0 Å². The summed E-state index contributed by atoms with van der Waals surface area (Å²) in [5.74, 6) is -0.868. The molecule has 35 heavy (non-hydrogen) atoms. The van der Waals surface area contributed by atoms with Crippen LogP contribution in [-0.2, 0) is 14.3 Å². The molecule has 0 bridgehead atoms. The first-order chi connectivity index (χ1) is 17.0. The summed E-state index contributed by atoms with van der Waals surface area (Å²) >= 11 is 6.39. The van der Waals surface area contributed by atoms with E-state index in [1.54, 1.807) is 36.1 Å². The highest BCUT2D eigenvalue weighted by Crippen LogP contribution is 2.35. The summed E-state index contributed by atoms with van der Waals surface area (Å²) < 4.78 is 20.2. The Morgan fingerprint density at radius 1 is 1.14 bits per heavy atom. The third kappa shape index (κ3) is 6.07. The van der Waals surface area contributed by atoms with E-state index in [4.69, 9.17) is 16.3 Å². The fourth-order valence-corrected chi connectivity index (χ4v) is 4.67. The fourth-order valence-electron chi connectivity index (χ4n) is 4.42. The molecule has 0 saturated carbocycles. The lowest BCUT2D eigenvalue weighted by Gasteiger charge is -2.31. The zero-order valence-corrected chi connectivity index (χ0v) is 20.6. The summed E-state index contributed by atoms with van der Waals surface area (Å²) in [4.78, 5) is 30.0. The molecule has 2 aliphatic rings. The molecule has 1 saturated heterocycles. The van der Waals surface area contributed by atoms with E-state index in [2.05, 4.69) is 10.0 Å². The molecule has 0 radical (unpaired) electrons. The second kappa shape index (κ2) is 11.7. The molecule has 4 rings (SSSR count). The monoisotopic (exact) mass is 500 g/mol. The highest BCUT2D eigenvalue weighted by molar-refractivity contribution is 6.34. The number of rotatable bonds is 8. The van der Waals surface area contributed by atoms with Gasteiger partial charge in [-0.05, 0) is 12.1 Å². The Balaban J connectivity index is 1.57. The van der Waals surface area contributed by atoms with Gasteiger partial charge in [-0.3, -0.25) is 14.5 Å². The van der Waals surface area contributed by atoms with Crippen molar-refractivity contribution in [3.8, 4) is 0 Å². The fraction of sp³-hybridized carbons (Fsp3) is 0.423. The first-order valence-corrected chi connectivity index (χ1v) is 12.3. The summed E-state index contributed by atoms with van der Waals surface area (Å²) in [5, 5.41) is 6.43. The van der Waals surface area contributed by atoms with Crippen molar-refractivity contribution in [2.75, 3.05) is 45.9 Å². The van der Waals surface area contributed by atoms with E-state index in [1.165, 1.54) is 11.1 Å². The zero-order valence-electron chi connectivity index (χ0n) is 19.8. The molecule has 2 amide bonds. The van der Waals surface area contributed by atoms with Crippen LogP contribution in [0.15, 0.2) is 53.6 Å². The molecule has 0 unspecified atom stereocenters. The molecular formula is C26H30ClFN4O3. The highest BCUT2D eigenvalue weighted by atomic mass is 35.5. The number of hydrogen-bond acceptors (Lipinski definition) is 5. The van der Waals surface area contributed by atoms with Crippen LogP contribution in [0.1, 0.15) is 36.9 Å². The molecule has 2 aromatic carbocycles. The van der Waals surface area contributed by atoms with Gasteiger partial charge in [0.25, 0.3) is 5.91 Å². The van der Waals surface area contributed by atoms with Gasteiger partial charge in [0.2, 0.25) is 5.91 Å². The lowest BCUT2D eigenvalue weighted by atomic mass is 9.98. The number of halogens is 2. The van der Waals surface area contributed by atoms with Crippen molar-refractivity contribution in [1.29, 1.82) is 0 Å². The third-order valence-electron chi connectivity index (χ3n) is 6.39. The number of nitrogens with zero attached hydrogens (tertiary/aromatic N) is 4. The molecule has 0 aliphatic carbocycles. The predicted octanol–water partition coefficient (Wildman–Crippen LogP) is 3.73. The highest BCUT2D eigenvalue weighted by Gasteiger charge is 2.36. The van der Waals surface area contributed by atoms with E-state index in [9.17, 15) is 14.0 Å². The average Bonchev–Trinajstić information content (AvgIpc) is 3.32. The first-order valence-electron chi connectivity index (χ1n) is 11.9. The number of benzene rings is 2. The molecule has 7 nitrogen and oxygen atoms in total. The summed E-state index contributed by atoms with van der Waals surface area (Å²) in [6.07, 6.45) is 0.618. The third-order valence-corrected chi connectivity index (χ3v) is 6.72. The Morgan fingerprint density at radius 2 is 1.86 bits per heavy atom. The normalized spacial score (nSPS) is 18.4. The van der Waals surface area contributed by atoms with Gasteiger partial charge < -0.3 is 9.64 Å². The Labute approximate surface area is 210 Å². The maximum absolute atomic E-state index is 14.8. The van der Waals surface area contributed by atoms with Crippen molar-refractivity contribution in [1.82, 2.24) is 14.8 Å². The van der Waals surface area contributed by atoms with E-state index in [-0.39, 0.29) is 18.4 Å². The molecule has 1 fully saturated rings. The van der Waals surface area contributed by atoms with Gasteiger partial charge in [0.1, 0.15) is 12.4 Å². The first kappa shape index (κ1) is 25.3. The average molecular weight is 501 g/mol. The van der Waals surface area contributed by atoms with Crippen LogP contribution < -0.4 is 0 Å². The van der Waals surface area contributed by atoms with Gasteiger partial charge in [0, 0.05) is 55.2 Å². The van der Waals surface area contributed by atoms with Gasteiger partial charge in [-0.2, -0.15) is 5.10 Å². The largest absolute Gasteiger partial charge is 0.379 e. The number of carbonyl (C=O) groups is 2. The molecule has 186 valence electrons. The molecule has 0 aromatic heterocycles. The van der Waals surface area contributed by atoms with Crippen molar-refractivity contribution in [3.05, 3.63) is 70.5 Å². The van der Waals surface area contributed by atoms with Crippen LogP contribution >= 0.6 is 11.6 Å². The van der Waals surface area contributed by atoms with E-state index in [0.717, 1.165) is 13.1 Å². The van der Waals surface area contributed by atoms with Crippen LogP contribution in [0.4, 0.5) is 4.39 Å². The summed E-state index contributed by atoms with van der Waals surface area (Å²) in [5.41, 5.74) is 1.70. The number of amides is 2. The number of hydrogen-bond donors (Lipinski definition) is 0. The van der Waals surface area contributed by atoms with Gasteiger partial charge in [-0.15, -0.1) is 0 Å². The lowest BCUT2D eigenvalue weighted by molar-refractivity contribution is -0.141. The minimum Gasteiger partial charge on any atom is -0.379 e. The Kier molecular flexibility index (Phi) is 8.49. The molecule has 2 aromatic rings. The van der Waals surface area contributed by atoms with Gasteiger partial charge in [-0.1, -0.05) is 54.9 Å². The molecule has 0 spiro atoms. The molecule has 0 N–H and O–H groups in total. The minimum atomic E-state index is -0.618. The number of hydrazone groups is 1. The maximum atomic E-state index is 14.8. The van der Waals surface area contributed by atoms with Gasteiger partial charge in [0.05, 0.1) is 25.0 Å². The SMILES string of the molecule is CCC(=O)N(CCN1CCOCC1)CC(=O)N1N=C(c2ccccc2Cl)C[C@@H]1c1ccccc1F. The van der Waals surface area contributed by atoms with Crippen molar-refractivity contribution in [3.63, 3.8) is 0 Å². The second-order valence-electron chi connectivity index (χ2n) is 8.63. The van der Waals surface area contributed by atoms with Gasteiger partial charge in [-0.25, -0.2) is 9.40 Å². The predicted molar refractivity (Wildman–Crippen MR) is 133 cm³/mol. The van der Waals surface area contributed by atoms with Crippen molar-refractivity contribution in [2.24, 2.45) is 5.10 Å². The quantitative estimate of drug-likeness (QED) is 0.554. The van der Waals surface area contributed by atoms with Crippen LogP contribution in [-0.4, -0.2) is 78.3 Å². The molecule has 1 atom stereocenters. The maximum Gasteiger partial charge on any atom is 0.262 e. The smallest absolute Gasteiger partial charge is 0.262 e. The molecule has 9 heteroatoms. The van der Waals surface area contributed by atoms with Gasteiger partial charge >= 0.3 is 0 Å². The van der Waals surface area contributed by atoms with E-state index >= 15 is 0 Å². The molecule has 2 heterocycles. The van der Waals surface area contributed by atoms with Crippen LogP contribution in [0.25, 0.3) is 0 Å². The Hall–Kier alpha value is -2.81. The van der Waals surface area contributed by atoms with Crippen molar-refractivity contribution >= 4 is 29.1 Å². The zero-order chi connectivity index (χ0) is 24.8. The number of ether oxygens (including phenoxy) is 1. The lowest BCUT2D eigenvalue weighted by Crippen LogP contribution is -2.46. The van der Waals surface area contributed by atoms with Gasteiger partial charge in [0.15, 0.2) is 0 Å². The van der Waals surface area contributed by atoms with E-state index in [1.807, 2.05) is 18.2 Å². The van der Waals surface area contributed by atoms with E-state index < -0.39 is 11.9 Å². The van der Waals surface area contributed by atoms with E-state index in [0.29, 0.717) is 61.0 Å². The molecular weight excluding hydrogens is 471 g/mol. The van der Waals surface area contributed by atoms with Crippen LogP contribution in [0.2, 0.25) is 5.02 Å². The molecule has 2 aliphatic heterocycles. The minimum absolute atomic E-state index is 0.108. The van der Waals surface area contributed by atoms with Crippen LogP contribution in [0.5, 0.6) is 0 Å². The number of carbonyl (C=O) groups excluding carboxylic acids is 2. The summed E-state index contributed by atoms with van der Waals surface area (Å²) in [7, 11) is 0. The standard InChI is InChI=1S/C26H30ClFN4O3/c1-2-25(33)31(12-11-30-13-15-35-16-14-30)18-26(34)32-24(20-8-4-6-10-22(20)28)17-23(29-32)19-7-3-5-9-21(19)27/h3-10,24H,2,11-18H2,1H3/t24-/m1/s1. The Bertz CT molecular complexity index is 1090. The Morgan fingerprint density at radius 3 is 2.57 bits per heavy atom. The van der Waals surface area contributed by atoms with Crippen LogP contribution in [0, 0.1) is 5.82 Å². The topological polar surface area (TPSA) is 65.5 Å². The summed E-state index contributed by atoms with van der Waals surface area (Å²) in [6, 6.07) is 13.0.